The molecule has 0 fully saturated rings. The van der Waals surface area contributed by atoms with Gasteiger partial charge in [-0.05, 0) is 48.0 Å². The smallest absolute Gasteiger partial charge is 0.143 e. The second-order valence-corrected chi connectivity index (χ2v) is 13.2. The van der Waals surface area contributed by atoms with Crippen molar-refractivity contribution in [2.75, 3.05) is 0 Å². The minimum Gasteiger partial charge on any atom is -0.455 e. The first-order chi connectivity index (χ1) is 25.3. The Kier molecular flexibility index (Phi) is 5.96. The van der Waals surface area contributed by atoms with E-state index in [0.717, 1.165) is 44.4 Å². The molecule has 0 radical (unpaired) electrons. The fraction of sp³-hybridized carbons (Fsp3) is 0. The molecule has 3 aromatic heterocycles. The van der Waals surface area contributed by atoms with Crippen molar-refractivity contribution in [3.05, 3.63) is 182 Å². The first-order valence-corrected chi connectivity index (χ1v) is 17.5. The summed E-state index contributed by atoms with van der Waals surface area (Å²) in [4.78, 5) is 0. The maximum atomic E-state index is 6.73. The molecule has 0 atom stereocenters. The molecule has 0 aliphatic carbocycles. The van der Waals surface area contributed by atoms with E-state index in [1.807, 2.05) is 6.07 Å². The van der Waals surface area contributed by atoms with Crippen LogP contribution in [-0.2, 0) is 0 Å². The van der Waals surface area contributed by atoms with Crippen LogP contribution in [0.15, 0.2) is 186 Å². The molecule has 0 N–H and O–H groups in total. The van der Waals surface area contributed by atoms with Crippen LogP contribution in [0, 0.1) is 0 Å². The van der Waals surface area contributed by atoms with Crippen molar-refractivity contribution < 1.29 is 4.42 Å². The average molecular weight is 651 g/mol. The molecule has 0 saturated heterocycles. The molecule has 0 unspecified atom stereocenters. The summed E-state index contributed by atoms with van der Waals surface area (Å²) >= 11 is 0. The molecule has 238 valence electrons. The van der Waals surface area contributed by atoms with Gasteiger partial charge in [-0.1, -0.05) is 140 Å². The normalized spacial score (nSPS) is 11.9. The lowest BCUT2D eigenvalue weighted by Gasteiger charge is -2.18. The Balaban J connectivity index is 1.39. The first-order valence-electron chi connectivity index (χ1n) is 17.5. The number of furan rings is 1. The summed E-state index contributed by atoms with van der Waals surface area (Å²) < 4.78 is 11.6. The van der Waals surface area contributed by atoms with Crippen LogP contribution in [0.25, 0.3) is 99.2 Å². The number of aromatic nitrogens is 2. The maximum absolute atomic E-state index is 6.73. The van der Waals surface area contributed by atoms with Gasteiger partial charge in [0.05, 0.1) is 22.1 Å². The fourth-order valence-electron chi connectivity index (χ4n) is 8.42. The Labute approximate surface area is 293 Å². The van der Waals surface area contributed by atoms with Gasteiger partial charge in [-0.3, -0.25) is 0 Å². The third kappa shape index (κ3) is 4.00. The maximum Gasteiger partial charge on any atom is 0.143 e. The quantitative estimate of drug-likeness (QED) is 0.186. The molecule has 0 aliphatic heterocycles. The van der Waals surface area contributed by atoms with Gasteiger partial charge in [-0.25, -0.2) is 0 Å². The molecular weight excluding hydrogens is 621 g/mol. The lowest BCUT2D eigenvalue weighted by molar-refractivity contribution is 0.670. The van der Waals surface area contributed by atoms with E-state index in [1.54, 1.807) is 0 Å². The van der Waals surface area contributed by atoms with Crippen molar-refractivity contribution in [2.24, 2.45) is 0 Å². The highest BCUT2D eigenvalue weighted by Crippen LogP contribution is 2.48. The Morgan fingerprint density at radius 3 is 1.51 bits per heavy atom. The van der Waals surface area contributed by atoms with E-state index in [1.165, 1.54) is 54.7 Å². The zero-order valence-corrected chi connectivity index (χ0v) is 27.6. The lowest BCUT2D eigenvalue weighted by atomic mass is 9.90. The van der Waals surface area contributed by atoms with Crippen molar-refractivity contribution in [2.45, 2.75) is 0 Å². The zero-order chi connectivity index (χ0) is 33.5. The number of rotatable bonds is 4. The molecule has 0 aliphatic rings. The summed E-state index contributed by atoms with van der Waals surface area (Å²) in [6.45, 7) is 0. The van der Waals surface area contributed by atoms with E-state index in [2.05, 4.69) is 185 Å². The molecule has 0 saturated carbocycles. The average Bonchev–Trinajstić information content (AvgIpc) is 3.86. The fourth-order valence-corrected chi connectivity index (χ4v) is 8.42. The topological polar surface area (TPSA) is 23.0 Å². The van der Waals surface area contributed by atoms with E-state index in [-0.39, 0.29) is 0 Å². The standard InChI is InChI=1S/C48H30N2O/c1-3-15-31(16-4-1)49-42-26-10-7-19-33(42)37-22-13-25-41(46(37)49)45-36(40-24-14-23-39-35-21-9-12-28-44(35)51-48(39)40)29-30-38-34-20-8-11-27-43(34)50(47(38)45)32-17-5-2-6-18-32/h1-30H. The molecular formula is C48H30N2O. The van der Waals surface area contributed by atoms with Crippen LogP contribution in [0.1, 0.15) is 0 Å². The van der Waals surface area contributed by atoms with E-state index >= 15 is 0 Å². The lowest BCUT2D eigenvalue weighted by Crippen LogP contribution is -1.99. The van der Waals surface area contributed by atoms with Gasteiger partial charge in [0.1, 0.15) is 11.2 Å². The second kappa shape index (κ2) is 10.8. The van der Waals surface area contributed by atoms with Crippen LogP contribution in [0.4, 0.5) is 0 Å². The van der Waals surface area contributed by atoms with Gasteiger partial charge in [0.25, 0.3) is 0 Å². The monoisotopic (exact) mass is 650 g/mol. The molecule has 0 amide bonds. The predicted octanol–water partition coefficient (Wildman–Crippen LogP) is 13.1. The van der Waals surface area contributed by atoms with Gasteiger partial charge in [0, 0.05) is 60.4 Å². The molecule has 11 aromatic rings. The van der Waals surface area contributed by atoms with Crippen LogP contribution in [0.2, 0.25) is 0 Å². The van der Waals surface area contributed by atoms with Gasteiger partial charge < -0.3 is 13.6 Å². The predicted molar refractivity (Wildman–Crippen MR) is 213 cm³/mol. The summed E-state index contributed by atoms with van der Waals surface area (Å²) in [5, 5.41) is 7.14. The Morgan fingerprint density at radius 1 is 0.314 bits per heavy atom. The minimum absolute atomic E-state index is 0.896. The molecule has 11 rings (SSSR count). The first kappa shape index (κ1) is 28.0. The summed E-state index contributed by atoms with van der Waals surface area (Å²) in [6.07, 6.45) is 0. The Morgan fingerprint density at radius 2 is 0.824 bits per heavy atom. The number of nitrogens with zero attached hydrogens (tertiary/aromatic N) is 2. The van der Waals surface area contributed by atoms with Gasteiger partial charge in [-0.2, -0.15) is 0 Å². The highest BCUT2D eigenvalue weighted by Gasteiger charge is 2.25. The Hall–Kier alpha value is -6.84. The number of hydrogen-bond acceptors (Lipinski definition) is 1. The Bertz CT molecular complexity index is 3130. The zero-order valence-electron chi connectivity index (χ0n) is 27.6. The van der Waals surface area contributed by atoms with Crippen molar-refractivity contribution in [1.29, 1.82) is 0 Å². The largest absolute Gasteiger partial charge is 0.455 e. The summed E-state index contributed by atoms with van der Waals surface area (Å²) in [5.74, 6) is 0. The molecule has 51 heavy (non-hydrogen) atoms. The number of benzene rings is 8. The third-order valence-electron chi connectivity index (χ3n) is 10.5. The van der Waals surface area contributed by atoms with E-state index in [0.29, 0.717) is 0 Å². The number of hydrogen-bond donors (Lipinski definition) is 0. The van der Waals surface area contributed by atoms with Crippen molar-refractivity contribution >= 4 is 65.6 Å². The molecule has 0 bridgehead atoms. The molecule has 3 nitrogen and oxygen atoms in total. The van der Waals surface area contributed by atoms with Crippen molar-refractivity contribution in [3.63, 3.8) is 0 Å². The second-order valence-electron chi connectivity index (χ2n) is 13.2. The summed E-state index contributed by atoms with van der Waals surface area (Å²) in [5.41, 5.74) is 13.3. The van der Waals surface area contributed by atoms with Gasteiger partial charge >= 0.3 is 0 Å². The molecule has 0 spiro atoms. The van der Waals surface area contributed by atoms with Crippen molar-refractivity contribution in [1.82, 2.24) is 9.13 Å². The number of para-hydroxylation sites is 7. The highest BCUT2D eigenvalue weighted by molar-refractivity contribution is 6.22. The van der Waals surface area contributed by atoms with Gasteiger partial charge in [0.2, 0.25) is 0 Å². The highest BCUT2D eigenvalue weighted by atomic mass is 16.3. The van der Waals surface area contributed by atoms with Crippen LogP contribution in [0.3, 0.4) is 0 Å². The van der Waals surface area contributed by atoms with Crippen LogP contribution in [-0.4, -0.2) is 9.13 Å². The van der Waals surface area contributed by atoms with Gasteiger partial charge in [-0.15, -0.1) is 0 Å². The summed E-state index contributed by atoms with van der Waals surface area (Å²) in [7, 11) is 0. The molecule has 8 aromatic carbocycles. The van der Waals surface area contributed by atoms with Crippen LogP contribution < -0.4 is 0 Å². The van der Waals surface area contributed by atoms with E-state index in [9.17, 15) is 0 Å². The van der Waals surface area contributed by atoms with Crippen molar-refractivity contribution in [3.8, 4) is 33.6 Å². The number of fused-ring (bicyclic) bond motifs is 9. The SMILES string of the molecule is c1ccc(-n2c3ccccc3c3cccc(-c4c(-c5cccc6c5oc5ccccc56)ccc5c6ccccc6n(-c6ccccc6)c45)c32)cc1. The molecule has 3 heterocycles. The van der Waals surface area contributed by atoms with E-state index in [4.69, 9.17) is 4.42 Å². The van der Waals surface area contributed by atoms with Crippen LogP contribution >= 0.6 is 0 Å². The summed E-state index contributed by atoms with van der Waals surface area (Å²) in [6, 6.07) is 65.4. The van der Waals surface area contributed by atoms with Crippen LogP contribution in [0.5, 0.6) is 0 Å². The van der Waals surface area contributed by atoms with Gasteiger partial charge in [0.15, 0.2) is 0 Å². The minimum atomic E-state index is 0.896. The third-order valence-corrected chi connectivity index (χ3v) is 10.5. The van der Waals surface area contributed by atoms with E-state index < -0.39 is 0 Å². The molecule has 3 heteroatoms.